The molecular weight excluding hydrogens is 687 g/mol. The molecule has 4 rings (SSSR count). The first-order chi connectivity index (χ1) is 24.7. The van der Waals surface area contributed by atoms with Crippen LogP contribution in [0.2, 0.25) is 0 Å². The second-order valence-corrected chi connectivity index (χ2v) is 10.7. The van der Waals surface area contributed by atoms with Gasteiger partial charge in [0.25, 0.3) is 12.4 Å². The second-order valence-electron chi connectivity index (χ2n) is 10.7. The molecule has 272 valence electrons. The number of carbonyl (C=O) groups is 4. The maximum Gasteiger partial charge on any atom is 0.416 e. The molecule has 4 aromatic rings. The number of nitrogens with zero attached hydrogens (tertiary/aromatic N) is 2. The van der Waals surface area contributed by atoms with Gasteiger partial charge in [0.15, 0.2) is 5.90 Å². The lowest BCUT2D eigenvalue weighted by atomic mass is 10.0. The van der Waals surface area contributed by atoms with Crippen LogP contribution in [0, 0.1) is 10.8 Å². The topological polar surface area (TPSA) is 192 Å². The van der Waals surface area contributed by atoms with Gasteiger partial charge in [0.05, 0.1) is 24.7 Å². The average Bonchev–Trinajstić information content (AvgIpc) is 3.11. The number of anilines is 1. The van der Waals surface area contributed by atoms with Crippen LogP contribution in [0.25, 0.3) is 0 Å². The molecule has 2 amide bonds. The van der Waals surface area contributed by atoms with E-state index < -0.39 is 30.0 Å². The molecule has 52 heavy (non-hydrogen) atoms. The van der Waals surface area contributed by atoms with Crippen LogP contribution in [0.3, 0.4) is 0 Å². The number of halogens is 3. The maximum atomic E-state index is 13.5. The summed E-state index contributed by atoms with van der Waals surface area (Å²) >= 11 is 0. The number of aromatic nitrogens is 1. The van der Waals surface area contributed by atoms with Crippen LogP contribution in [-0.4, -0.2) is 64.7 Å². The van der Waals surface area contributed by atoms with Crippen molar-refractivity contribution in [3.63, 3.8) is 0 Å². The molecule has 0 unspecified atom stereocenters. The van der Waals surface area contributed by atoms with Gasteiger partial charge in [-0.15, -0.1) is 0 Å². The number of rotatable bonds is 11. The van der Waals surface area contributed by atoms with E-state index in [1.165, 1.54) is 68.8 Å². The van der Waals surface area contributed by atoms with E-state index in [0.29, 0.717) is 17.8 Å². The first-order valence-corrected chi connectivity index (χ1v) is 15.3. The zero-order chi connectivity index (χ0) is 38.4. The lowest BCUT2D eigenvalue weighted by molar-refractivity contribution is -0.138. The second kappa shape index (κ2) is 18.4. The Kier molecular flexibility index (Phi) is 14.1. The predicted molar refractivity (Wildman–Crippen MR) is 183 cm³/mol. The molecule has 0 saturated heterocycles. The molecular formula is C36H34F3N5O8. The fraction of sp³-hybridized carbons (Fsp3) is 0.194. The number of nitrogens with one attached hydrogen (secondary N) is 3. The number of carboxylic acid groups (broad SMARTS) is 1. The van der Waals surface area contributed by atoms with Crippen LogP contribution in [-0.2, 0) is 33.5 Å². The third-order valence-electron chi connectivity index (χ3n) is 7.06. The molecule has 1 heterocycles. The third-order valence-corrected chi connectivity index (χ3v) is 7.06. The van der Waals surface area contributed by atoms with E-state index >= 15 is 0 Å². The van der Waals surface area contributed by atoms with Gasteiger partial charge in [-0.25, -0.2) is 9.78 Å². The highest BCUT2D eigenvalue weighted by Gasteiger charge is 2.34. The number of benzene rings is 3. The number of methoxy groups -OCH3 is 1. The molecule has 0 atom stereocenters. The molecule has 0 aliphatic carbocycles. The SMILES string of the molecule is CCN(Cc1ccc(OC(=O)c2ccc(C(=N)OC(C)=N)cn2)cc1)C(=O)c1ccc(NC(=O)Cc2ccc(OC)cc2C(F)(F)F)cc1.O=CO. The van der Waals surface area contributed by atoms with Gasteiger partial charge >= 0.3 is 12.1 Å². The van der Waals surface area contributed by atoms with Crippen LogP contribution in [0.4, 0.5) is 18.9 Å². The molecule has 3 aromatic carbocycles. The van der Waals surface area contributed by atoms with E-state index in [1.807, 2.05) is 6.92 Å². The van der Waals surface area contributed by atoms with Crippen LogP contribution in [0.1, 0.15) is 56.9 Å². The largest absolute Gasteiger partial charge is 0.497 e. The van der Waals surface area contributed by atoms with E-state index in [-0.39, 0.29) is 59.0 Å². The van der Waals surface area contributed by atoms with Crippen molar-refractivity contribution in [2.24, 2.45) is 0 Å². The predicted octanol–water partition coefficient (Wildman–Crippen LogP) is 6.21. The van der Waals surface area contributed by atoms with Crippen molar-refractivity contribution >= 4 is 41.7 Å². The van der Waals surface area contributed by atoms with Crippen molar-refractivity contribution in [1.29, 1.82) is 10.8 Å². The Labute approximate surface area is 296 Å². The van der Waals surface area contributed by atoms with Crippen molar-refractivity contribution in [1.82, 2.24) is 9.88 Å². The summed E-state index contributed by atoms with van der Waals surface area (Å²) in [7, 11) is 1.26. The van der Waals surface area contributed by atoms with E-state index in [4.69, 9.17) is 34.9 Å². The molecule has 0 fully saturated rings. The lowest BCUT2D eigenvalue weighted by Crippen LogP contribution is -2.30. The number of amides is 2. The Balaban J connectivity index is 0.00000235. The number of hydrogen-bond donors (Lipinski definition) is 4. The van der Waals surface area contributed by atoms with Crippen molar-refractivity contribution in [2.75, 3.05) is 19.0 Å². The Morgan fingerprint density at radius 1 is 0.942 bits per heavy atom. The highest BCUT2D eigenvalue weighted by Crippen LogP contribution is 2.34. The molecule has 13 nitrogen and oxygen atoms in total. The van der Waals surface area contributed by atoms with E-state index in [1.54, 1.807) is 29.2 Å². The Hall–Kier alpha value is -6.58. The zero-order valence-electron chi connectivity index (χ0n) is 28.1. The van der Waals surface area contributed by atoms with Crippen molar-refractivity contribution in [3.05, 3.63) is 119 Å². The normalized spacial score (nSPS) is 10.5. The number of pyridine rings is 1. The first kappa shape index (κ1) is 39.9. The fourth-order valence-electron chi connectivity index (χ4n) is 4.59. The number of carbonyl (C=O) groups excluding carboxylic acids is 3. The van der Waals surface area contributed by atoms with Crippen molar-refractivity contribution < 1.29 is 51.7 Å². The molecule has 0 spiro atoms. The number of ether oxygens (including phenoxy) is 3. The summed E-state index contributed by atoms with van der Waals surface area (Å²) in [4.78, 5) is 52.3. The summed E-state index contributed by atoms with van der Waals surface area (Å²) in [6.45, 7) is 3.58. The molecule has 16 heteroatoms. The van der Waals surface area contributed by atoms with Gasteiger partial charge in [-0.1, -0.05) is 18.2 Å². The minimum Gasteiger partial charge on any atom is -0.497 e. The summed E-state index contributed by atoms with van der Waals surface area (Å²) < 4.78 is 55.7. The lowest BCUT2D eigenvalue weighted by Gasteiger charge is -2.21. The monoisotopic (exact) mass is 721 g/mol. The highest BCUT2D eigenvalue weighted by molar-refractivity contribution is 5.99. The molecule has 0 radical (unpaired) electrons. The summed E-state index contributed by atoms with van der Waals surface area (Å²) in [6.07, 6.45) is -3.91. The van der Waals surface area contributed by atoms with Gasteiger partial charge in [-0.3, -0.25) is 25.2 Å². The summed E-state index contributed by atoms with van der Waals surface area (Å²) in [5.41, 5.74) is 0.559. The molecule has 0 bridgehead atoms. The number of esters is 1. The molecule has 1 aromatic heterocycles. The Morgan fingerprint density at radius 2 is 1.56 bits per heavy atom. The van der Waals surface area contributed by atoms with Crippen LogP contribution in [0.5, 0.6) is 11.5 Å². The van der Waals surface area contributed by atoms with Crippen LogP contribution < -0.4 is 14.8 Å². The van der Waals surface area contributed by atoms with Gasteiger partial charge in [-0.05, 0) is 78.7 Å². The quantitative estimate of drug-likeness (QED) is 0.0458. The van der Waals surface area contributed by atoms with E-state index in [0.717, 1.165) is 11.6 Å². The average molecular weight is 722 g/mol. The molecule has 0 aliphatic heterocycles. The zero-order valence-corrected chi connectivity index (χ0v) is 28.1. The number of hydrogen-bond acceptors (Lipinski definition) is 10. The molecule has 0 aliphatic rings. The number of alkyl halides is 3. The minimum atomic E-state index is -4.66. The standard InChI is InChI=1S/C35H32F3N5O6.CH2O2/c1-4-43(20-22-5-13-27(14-6-22)49-34(46)30-16-10-25(19-41-30)32(40)48-21(2)39)33(45)23-7-11-26(12-8-23)42-31(44)17-24-9-15-28(47-3)18-29(24)35(36,37)38;2-1-3/h5-16,18-19,39-40H,4,17,20H2,1-3H3,(H,42,44);1H,(H,2,3). The summed E-state index contributed by atoms with van der Waals surface area (Å²) in [5, 5.41) is 24.5. The fourth-order valence-corrected chi connectivity index (χ4v) is 4.59. The molecule has 0 saturated carbocycles. The third kappa shape index (κ3) is 11.5. The van der Waals surface area contributed by atoms with Crippen molar-refractivity contribution in [3.8, 4) is 11.5 Å². The Morgan fingerprint density at radius 3 is 2.10 bits per heavy atom. The van der Waals surface area contributed by atoms with Gasteiger partial charge in [0.1, 0.15) is 17.2 Å². The molecule has 4 N–H and O–H groups in total. The summed E-state index contributed by atoms with van der Waals surface area (Å²) in [5.74, 6) is -1.80. The van der Waals surface area contributed by atoms with Crippen molar-refractivity contribution in [2.45, 2.75) is 33.0 Å². The maximum absolute atomic E-state index is 13.5. The van der Waals surface area contributed by atoms with Gasteiger partial charge in [-0.2, -0.15) is 13.2 Å². The smallest absolute Gasteiger partial charge is 0.416 e. The minimum absolute atomic E-state index is 0.00775. The van der Waals surface area contributed by atoms with Gasteiger partial charge < -0.3 is 29.5 Å². The first-order valence-electron chi connectivity index (χ1n) is 15.3. The van der Waals surface area contributed by atoms with Gasteiger partial charge in [0.2, 0.25) is 11.8 Å². The van der Waals surface area contributed by atoms with Crippen LogP contribution in [0.15, 0.2) is 85.1 Å². The van der Waals surface area contributed by atoms with Crippen LogP contribution >= 0.6 is 0 Å². The van der Waals surface area contributed by atoms with Gasteiger partial charge in [0, 0.05) is 37.5 Å². The van der Waals surface area contributed by atoms with E-state index in [9.17, 15) is 27.6 Å². The Bertz CT molecular complexity index is 1900. The highest BCUT2D eigenvalue weighted by atomic mass is 19.4. The van der Waals surface area contributed by atoms with E-state index in [2.05, 4.69) is 10.3 Å². The summed E-state index contributed by atoms with van der Waals surface area (Å²) in [6, 6.07) is 18.8.